The smallest absolute Gasteiger partial charge is 0.162 e. The fourth-order valence-corrected chi connectivity index (χ4v) is 4.37. The minimum absolute atomic E-state index is 0.00379. The fourth-order valence-electron chi connectivity index (χ4n) is 4.14. The van der Waals surface area contributed by atoms with E-state index in [1.807, 2.05) is 37.2 Å². The van der Waals surface area contributed by atoms with Crippen molar-refractivity contribution in [3.63, 3.8) is 0 Å². The van der Waals surface area contributed by atoms with E-state index in [2.05, 4.69) is 17.3 Å². The summed E-state index contributed by atoms with van der Waals surface area (Å²) in [4.78, 5) is 14.0. The molecule has 3 atom stereocenters. The van der Waals surface area contributed by atoms with E-state index in [9.17, 15) is 5.11 Å². The molecule has 0 radical (unpaired) electrons. The second-order valence-corrected chi connectivity index (χ2v) is 9.47. The molecule has 0 aliphatic carbocycles. The number of nitrogens with zero attached hydrogens (tertiary/aromatic N) is 4. The molecular formula is C24H34ClN5O4. The van der Waals surface area contributed by atoms with Crippen molar-refractivity contribution in [3.05, 3.63) is 35.0 Å². The molecule has 0 bridgehead atoms. The topological polar surface area (TPSA) is 95.5 Å². The van der Waals surface area contributed by atoms with Gasteiger partial charge in [0.15, 0.2) is 5.82 Å². The van der Waals surface area contributed by atoms with Crippen LogP contribution in [0.4, 0.5) is 5.82 Å². The number of rotatable bonds is 10. The zero-order chi connectivity index (χ0) is 24.2. The van der Waals surface area contributed by atoms with Crippen LogP contribution in [-0.2, 0) is 9.47 Å². The normalized spacial score (nSPS) is 21.5. The van der Waals surface area contributed by atoms with Crippen LogP contribution in [0, 0.1) is 0 Å². The highest BCUT2D eigenvalue weighted by atomic mass is 35.5. The lowest BCUT2D eigenvalue weighted by molar-refractivity contribution is 0.0853. The average molecular weight is 492 g/mol. The minimum Gasteiger partial charge on any atom is -0.491 e. The molecule has 2 saturated heterocycles. The van der Waals surface area contributed by atoms with Crippen LogP contribution in [0.25, 0.3) is 11.4 Å². The molecule has 2 fully saturated rings. The quantitative estimate of drug-likeness (QED) is 0.485. The van der Waals surface area contributed by atoms with Crippen molar-refractivity contribution in [2.45, 2.75) is 37.3 Å². The molecule has 9 nitrogen and oxygen atoms in total. The van der Waals surface area contributed by atoms with Gasteiger partial charge in [-0.3, -0.25) is 4.90 Å². The first-order valence-electron chi connectivity index (χ1n) is 11.6. The van der Waals surface area contributed by atoms with Crippen LogP contribution >= 0.6 is 11.6 Å². The second kappa shape index (κ2) is 11.2. The highest BCUT2D eigenvalue weighted by Crippen LogP contribution is 2.41. The van der Waals surface area contributed by atoms with Gasteiger partial charge in [-0.25, -0.2) is 9.97 Å². The van der Waals surface area contributed by atoms with Crippen molar-refractivity contribution in [2.24, 2.45) is 0 Å². The number of aromatic nitrogens is 2. The van der Waals surface area contributed by atoms with E-state index in [0.717, 1.165) is 43.1 Å². The summed E-state index contributed by atoms with van der Waals surface area (Å²) in [7, 11) is 7.83. The molecule has 4 rings (SSSR count). The molecule has 0 spiro atoms. The maximum atomic E-state index is 9.98. The molecule has 10 heteroatoms. The van der Waals surface area contributed by atoms with Gasteiger partial charge >= 0.3 is 0 Å². The maximum absolute atomic E-state index is 9.98. The molecular weight excluding hydrogens is 458 g/mol. The molecule has 3 heterocycles. The first-order valence-corrected chi connectivity index (χ1v) is 12.0. The number of aliphatic hydroxyl groups is 1. The van der Waals surface area contributed by atoms with Crippen LogP contribution in [0.15, 0.2) is 24.3 Å². The Morgan fingerprint density at radius 2 is 1.94 bits per heavy atom. The monoisotopic (exact) mass is 491 g/mol. The van der Waals surface area contributed by atoms with Crippen molar-refractivity contribution in [1.82, 2.24) is 20.2 Å². The summed E-state index contributed by atoms with van der Waals surface area (Å²) in [6.07, 6.45) is 1.17. The number of halogens is 1. The van der Waals surface area contributed by atoms with Gasteiger partial charge in [0.1, 0.15) is 36.6 Å². The van der Waals surface area contributed by atoms with Gasteiger partial charge in [-0.15, -0.1) is 0 Å². The predicted octanol–water partition coefficient (Wildman–Crippen LogP) is 2.33. The SMILES string of the molecule is CNCC(O)COc1cc(Cl)cc(-c2nc(C3OC3N(C)C)cc(N(C)C3CCOCC3)n2)c1. The van der Waals surface area contributed by atoms with E-state index in [-0.39, 0.29) is 18.9 Å². The Balaban J connectivity index is 1.65. The summed E-state index contributed by atoms with van der Waals surface area (Å²) in [5, 5.41) is 13.4. The summed E-state index contributed by atoms with van der Waals surface area (Å²) in [5.41, 5.74) is 1.58. The molecule has 2 aliphatic heterocycles. The van der Waals surface area contributed by atoms with Crippen molar-refractivity contribution < 1.29 is 19.3 Å². The van der Waals surface area contributed by atoms with Crippen LogP contribution in [0.1, 0.15) is 24.6 Å². The van der Waals surface area contributed by atoms with E-state index in [0.29, 0.717) is 29.2 Å². The number of nitrogens with one attached hydrogen (secondary N) is 1. The number of benzene rings is 1. The van der Waals surface area contributed by atoms with Gasteiger partial charge in [-0.2, -0.15) is 0 Å². The molecule has 2 aliphatic rings. The van der Waals surface area contributed by atoms with E-state index in [1.54, 1.807) is 13.1 Å². The van der Waals surface area contributed by atoms with Gasteiger partial charge in [0, 0.05) is 49.5 Å². The third-order valence-corrected chi connectivity index (χ3v) is 6.33. The molecule has 0 amide bonds. The summed E-state index contributed by atoms with van der Waals surface area (Å²) in [6, 6.07) is 7.77. The van der Waals surface area contributed by atoms with E-state index >= 15 is 0 Å². The zero-order valence-electron chi connectivity index (χ0n) is 20.2. The number of aliphatic hydroxyl groups excluding tert-OH is 1. The van der Waals surface area contributed by atoms with E-state index in [1.165, 1.54) is 0 Å². The van der Waals surface area contributed by atoms with Gasteiger partial charge in [-0.1, -0.05) is 11.6 Å². The highest BCUT2D eigenvalue weighted by molar-refractivity contribution is 6.31. The first-order chi connectivity index (χ1) is 16.4. The summed E-state index contributed by atoms with van der Waals surface area (Å²) >= 11 is 6.41. The number of hydrogen-bond donors (Lipinski definition) is 2. The molecule has 1 aromatic heterocycles. The van der Waals surface area contributed by atoms with E-state index in [4.69, 9.17) is 35.8 Å². The average Bonchev–Trinajstić information content (AvgIpc) is 3.64. The predicted molar refractivity (Wildman–Crippen MR) is 131 cm³/mol. The largest absolute Gasteiger partial charge is 0.491 e. The maximum Gasteiger partial charge on any atom is 0.162 e. The number of ether oxygens (including phenoxy) is 3. The van der Waals surface area contributed by atoms with Crippen LogP contribution < -0.4 is 15.0 Å². The molecule has 2 N–H and O–H groups in total. The molecule has 0 saturated carbocycles. The molecule has 34 heavy (non-hydrogen) atoms. The van der Waals surface area contributed by atoms with Crippen molar-refractivity contribution in [1.29, 1.82) is 0 Å². The Hall–Kier alpha value is -2.01. The Morgan fingerprint density at radius 1 is 1.18 bits per heavy atom. The molecule has 3 unspecified atom stereocenters. The fraction of sp³-hybridized carbons (Fsp3) is 0.583. The number of likely N-dealkylation sites (N-methyl/N-ethyl adjacent to an activating group) is 2. The van der Waals surface area contributed by atoms with Gasteiger partial charge in [-0.05, 0) is 52.2 Å². The summed E-state index contributed by atoms with van der Waals surface area (Å²) in [5.74, 6) is 1.95. The molecule has 1 aromatic carbocycles. The van der Waals surface area contributed by atoms with Crippen molar-refractivity contribution in [2.75, 3.05) is 59.5 Å². The lowest BCUT2D eigenvalue weighted by atomic mass is 10.1. The number of epoxide rings is 1. The third kappa shape index (κ3) is 6.16. The lowest BCUT2D eigenvalue weighted by Gasteiger charge is -2.32. The van der Waals surface area contributed by atoms with Crippen molar-refractivity contribution in [3.8, 4) is 17.1 Å². The van der Waals surface area contributed by atoms with Crippen LogP contribution in [0.2, 0.25) is 5.02 Å². The Labute approximate surface area is 206 Å². The number of anilines is 1. The second-order valence-electron chi connectivity index (χ2n) is 9.04. The summed E-state index contributed by atoms with van der Waals surface area (Å²) in [6.45, 7) is 2.10. The minimum atomic E-state index is -0.623. The third-order valence-electron chi connectivity index (χ3n) is 6.11. The molecule has 186 valence electrons. The van der Waals surface area contributed by atoms with E-state index < -0.39 is 6.10 Å². The molecule has 2 aromatic rings. The summed E-state index contributed by atoms with van der Waals surface area (Å²) < 4.78 is 17.2. The van der Waals surface area contributed by atoms with Crippen molar-refractivity contribution >= 4 is 17.4 Å². The van der Waals surface area contributed by atoms with Gasteiger partial charge < -0.3 is 29.5 Å². The van der Waals surface area contributed by atoms with Gasteiger partial charge in [0.2, 0.25) is 0 Å². The van der Waals surface area contributed by atoms with Crippen LogP contribution in [0.3, 0.4) is 0 Å². The lowest BCUT2D eigenvalue weighted by Crippen LogP contribution is -2.37. The van der Waals surface area contributed by atoms with Crippen LogP contribution in [0.5, 0.6) is 5.75 Å². The van der Waals surface area contributed by atoms with Gasteiger partial charge in [0.05, 0.1) is 5.69 Å². The standard InChI is InChI=1S/C24H34ClN5O4/c1-26-13-18(31)14-33-19-10-15(9-16(25)11-19)23-27-20(22-24(34-22)29(2)3)12-21(28-23)30(4)17-5-7-32-8-6-17/h9-12,17-18,22,24,26,31H,5-8,13-14H2,1-4H3. The van der Waals surface area contributed by atoms with Crippen LogP contribution in [-0.4, -0.2) is 92.9 Å². The Kier molecular flexibility index (Phi) is 8.23. The zero-order valence-corrected chi connectivity index (χ0v) is 21.0. The number of hydrogen-bond acceptors (Lipinski definition) is 9. The highest BCUT2D eigenvalue weighted by Gasteiger charge is 2.44. The Bertz CT molecular complexity index is 972. The first kappa shape index (κ1) is 25.1. The Morgan fingerprint density at radius 3 is 2.62 bits per heavy atom. The van der Waals surface area contributed by atoms with Gasteiger partial charge in [0.25, 0.3) is 0 Å².